The molecule has 0 amide bonds. The first-order chi connectivity index (χ1) is 7.22. The second-order valence-corrected chi connectivity index (χ2v) is 3.44. The molecule has 80 valence electrons. The molecule has 0 radical (unpaired) electrons. The highest BCUT2D eigenvalue weighted by atomic mass is 16.7. The predicted molar refractivity (Wildman–Crippen MR) is 55.4 cm³/mol. The van der Waals surface area contributed by atoms with Gasteiger partial charge >= 0.3 is 0 Å². The van der Waals surface area contributed by atoms with Gasteiger partial charge in [0.05, 0.1) is 6.04 Å². The predicted octanol–water partition coefficient (Wildman–Crippen LogP) is 1.21. The Kier molecular flexibility index (Phi) is 2.60. The molecule has 0 saturated carbocycles. The molecule has 1 atom stereocenters. The maximum absolute atomic E-state index is 11.8. The molecule has 1 heterocycles. The Balaban J connectivity index is 2.26. The summed E-state index contributed by atoms with van der Waals surface area (Å²) in [6.45, 7) is 2.06. The molecule has 1 aromatic carbocycles. The smallest absolute Gasteiger partial charge is 0.231 e. The molecule has 1 N–H and O–H groups in total. The SMILES string of the molecule is CN[C@@H](C)C(=O)c1ccc2c(c1)OCO2. The third-order valence-electron chi connectivity index (χ3n) is 2.48. The quantitative estimate of drug-likeness (QED) is 0.757. The van der Waals surface area contributed by atoms with Gasteiger partial charge < -0.3 is 14.8 Å². The summed E-state index contributed by atoms with van der Waals surface area (Å²) >= 11 is 0. The van der Waals surface area contributed by atoms with E-state index in [1.165, 1.54) is 0 Å². The molecular weight excluding hydrogens is 194 g/mol. The normalized spacial score (nSPS) is 15.1. The molecule has 0 bridgehead atoms. The first kappa shape index (κ1) is 9.98. The van der Waals surface area contributed by atoms with Gasteiger partial charge in [-0.3, -0.25) is 4.79 Å². The van der Waals surface area contributed by atoms with E-state index >= 15 is 0 Å². The highest BCUT2D eigenvalue weighted by Crippen LogP contribution is 2.32. The summed E-state index contributed by atoms with van der Waals surface area (Å²) in [4.78, 5) is 11.8. The van der Waals surface area contributed by atoms with Crippen LogP contribution in [-0.4, -0.2) is 25.7 Å². The van der Waals surface area contributed by atoms with E-state index < -0.39 is 0 Å². The zero-order valence-electron chi connectivity index (χ0n) is 8.74. The van der Waals surface area contributed by atoms with Gasteiger partial charge in [0.25, 0.3) is 0 Å². The topological polar surface area (TPSA) is 47.6 Å². The largest absolute Gasteiger partial charge is 0.454 e. The van der Waals surface area contributed by atoms with Crippen molar-refractivity contribution in [2.75, 3.05) is 13.8 Å². The minimum absolute atomic E-state index is 0.0517. The average molecular weight is 207 g/mol. The number of carbonyl (C=O) groups is 1. The summed E-state index contributed by atoms with van der Waals surface area (Å²) in [5.41, 5.74) is 0.640. The van der Waals surface area contributed by atoms with Crippen molar-refractivity contribution in [1.82, 2.24) is 5.32 Å². The maximum atomic E-state index is 11.8. The van der Waals surface area contributed by atoms with Gasteiger partial charge in [-0.05, 0) is 32.2 Å². The summed E-state index contributed by atoms with van der Waals surface area (Å²) in [5, 5.41) is 2.91. The van der Waals surface area contributed by atoms with Gasteiger partial charge in [0.2, 0.25) is 6.79 Å². The molecule has 0 aliphatic carbocycles. The lowest BCUT2D eigenvalue weighted by atomic mass is 10.1. The number of nitrogens with one attached hydrogen (secondary N) is 1. The van der Waals surface area contributed by atoms with Gasteiger partial charge in [0, 0.05) is 5.56 Å². The Morgan fingerprint density at radius 3 is 2.87 bits per heavy atom. The van der Waals surface area contributed by atoms with E-state index in [2.05, 4.69) is 5.32 Å². The van der Waals surface area contributed by atoms with Crippen molar-refractivity contribution in [3.8, 4) is 11.5 Å². The van der Waals surface area contributed by atoms with Crippen LogP contribution >= 0.6 is 0 Å². The van der Waals surface area contributed by atoms with Crippen molar-refractivity contribution < 1.29 is 14.3 Å². The number of hydrogen-bond donors (Lipinski definition) is 1. The van der Waals surface area contributed by atoms with Crippen molar-refractivity contribution in [2.24, 2.45) is 0 Å². The number of ketones is 1. The van der Waals surface area contributed by atoms with Crippen LogP contribution in [0.1, 0.15) is 17.3 Å². The van der Waals surface area contributed by atoms with Crippen molar-refractivity contribution in [2.45, 2.75) is 13.0 Å². The number of rotatable bonds is 3. The van der Waals surface area contributed by atoms with Crippen LogP contribution in [0.3, 0.4) is 0 Å². The van der Waals surface area contributed by atoms with E-state index in [-0.39, 0.29) is 18.6 Å². The third-order valence-corrected chi connectivity index (χ3v) is 2.48. The van der Waals surface area contributed by atoms with E-state index in [0.717, 1.165) is 0 Å². The first-order valence-electron chi connectivity index (χ1n) is 4.83. The summed E-state index contributed by atoms with van der Waals surface area (Å²) in [6, 6.07) is 5.05. The number of carbonyl (C=O) groups excluding carboxylic acids is 1. The van der Waals surface area contributed by atoms with Gasteiger partial charge in [0.1, 0.15) is 0 Å². The van der Waals surface area contributed by atoms with Crippen LogP contribution in [-0.2, 0) is 0 Å². The maximum Gasteiger partial charge on any atom is 0.231 e. The minimum atomic E-state index is -0.189. The Hall–Kier alpha value is -1.55. The lowest BCUT2D eigenvalue weighted by Gasteiger charge is -2.09. The van der Waals surface area contributed by atoms with Crippen LogP contribution in [0.15, 0.2) is 18.2 Å². The monoisotopic (exact) mass is 207 g/mol. The number of hydrogen-bond acceptors (Lipinski definition) is 4. The Morgan fingerprint density at radius 1 is 1.40 bits per heavy atom. The average Bonchev–Trinajstić information content (AvgIpc) is 2.73. The molecular formula is C11H13NO3. The molecule has 0 unspecified atom stereocenters. The fourth-order valence-corrected chi connectivity index (χ4v) is 1.43. The Morgan fingerprint density at radius 2 is 2.13 bits per heavy atom. The van der Waals surface area contributed by atoms with E-state index in [1.54, 1.807) is 25.2 Å². The van der Waals surface area contributed by atoms with Crippen LogP contribution in [0, 0.1) is 0 Å². The summed E-state index contributed by atoms with van der Waals surface area (Å²) in [5.74, 6) is 1.39. The molecule has 0 aromatic heterocycles. The van der Waals surface area contributed by atoms with Crippen LogP contribution in [0.25, 0.3) is 0 Å². The van der Waals surface area contributed by atoms with Crippen molar-refractivity contribution in [3.63, 3.8) is 0 Å². The summed E-state index contributed by atoms with van der Waals surface area (Å²) in [7, 11) is 1.76. The minimum Gasteiger partial charge on any atom is -0.454 e. The fraction of sp³-hybridized carbons (Fsp3) is 0.364. The molecule has 2 rings (SSSR count). The van der Waals surface area contributed by atoms with Crippen molar-refractivity contribution >= 4 is 5.78 Å². The van der Waals surface area contributed by atoms with Crippen LogP contribution in [0.2, 0.25) is 0 Å². The number of Topliss-reactive ketones (excluding diaryl/α,β-unsaturated/α-hetero) is 1. The van der Waals surface area contributed by atoms with E-state index in [9.17, 15) is 4.79 Å². The number of likely N-dealkylation sites (N-methyl/N-ethyl adjacent to an activating group) is 1. The summed E-state index contributed by atoms with van der Waals surface area (Å²) in [6.07, 6.45) is 0. The number of ether oxygens (including phenoxy) is 2. The second kappa shape index (κ2) is 3.90. The van der Waals surface area contributed by atoms with Crippen LogP contribution in [0.4, 0.5) is 0 Å². The van der Waals surface area contributed by atoms with Crippen LogP contribution < -0.4 is 14.8 Å². The van der Waals surface area contributed by atoms with Gasteiger partial charge in [-0.25, -0.2) is 0 Å². The molecule has 4 nitrogen and oxygen atoms in total. The van der Waals surface area contributed by atoms with Crippen LogP contribution in [0.5, 0.6) is 11.5 Å². The molecule has 1 aliphatic rings. The van der Waals surface area contributed by atoms with Crippen molar-refractivity contribution in [1.29, 1.82) is 0 Å². The van der Waals surface area contributed by atoms with Gasteiger partial charge in [-0.2, -0.15) is 0 Å². The second-order valence-electron chi connectivity index (χ2n) is 3.44. The zero-order chi connectivity index (χ0) is 10.8. The third kappa shape index (κ3) is 1.80. The van der Waals surface area contributed by atoms with Crippen molar-refractivity contribution in [3.05, 3.63) is 23.8 Å². The molecule has 4 heteroatoms. The van der Waals surface area contributed by atoms with Gasteiger partial charge in [-0.1, -0.05) is 0 Å². The Labute approximate surface area is 88.2 Å². The lowest BCUT2D eigenvalue weighted by molar-refractivity contribution is 0.0954. The van der Waals surface area contributed by atoms with E-state index in [0.29, 0.717) is 17.1 Å². The fourth-order valence-electron chi connectivity index (χ4n) is 1.43. The molecule has 0 fully saturated rings. The highest BCUT2D eigenvalue weighted by Gasteiger charge is 2.18. The standard InChI is InChI=1S/C11H13NO3/c1-7(12-2)11(13)8-3-4-9-10(5-8)15-6-14-9/h3-5,7,12H,6H2,1-2H3/t7-/m0/s1. The first-order valence-corrected chi connectivity index (χ1v) is 4.83. The highest BCUT2D eigenvalue weighted by molar-refractivity contribution is 6.00. The molecule has 0 spiro atoms. The molecule has 15 heavy (non-hydrogen) atoms. The van der Waals surface area contributed by atoms with E-state index in [1.807, 2.05) is 6.92 Å². The molecule has 0 saturated heterocycles. The Bertz CT molecular complexity index is 389. The zero-order valence-corrected chi connectivity index (χ0v) is 8.74. The number of fused-ring (bicyclic) bond motifs is 1. The number of benzene rings is 1. The van der Waals surface area contributed by atoms with Gasteiger partial charge in [-0.15, -0.1) is 0 Å². The molecule has 1 aromatic rings. The summed E-state index contributed by atoms with van der Waals surface area (Å²) < 4.78 is 10.4. The molecule has 1 aliphatic heterocycles. The lowest BCUT2D eigenvalue weighted by Crippen LogP contribution is -2.30. The van der Waals surface area contributed by atoms with Gasteiger partial charge in [0.15, 0.2) is 17.3 Å². The van der Waals surface area contributed by atoms with E-state index in [4.69, 9.17) is 9.47 Å².